The molecule has 1 aliphatic rings. The lowest BCUT2D eigenvalue weighted by Gasteiger charge is -2.34. The average Bonchev–Trinajstić information content (AvgIpc) is 1.94. The zero-order valence-electron chi connectivity index (χ0n) is 7.30. The summed E-state index contributed by atoms with van der Waals surface area (Å²) in [7, 11) is 0. The summed E-state index contributed by atoms with van der Waals surface area (Å²) in [5.74, 6) is 0. The van der Waals surface area contributed by atoms with Crippen LogP contribution >= 0.6 is 0 Å². The molecule has 66 valence electrons. The monoisotopic (exact) mass is 159 g/mol. The quantitative estimate of drug-likeness (QED) is 0.639. The fourth-order valence-corrected chi connectivity index (χ4v) is 1.08. The summed E-state index contributed by atoms with van der Waals surface area (Å²) in [5.41, 5.74) is 5.29. The maximum absolute atomic E-state index is 5.55. The molecule has 0 aliphatic carbocycles. The van der Waals surface area contributed by atoms with Gasteiger partial charge in [0.05, 0.1) is 24.9 Å². The van der Waals surface area contributed by atoms with Crippen LogP contribution in [0.25, 0.3) is 0 Å². The van der Waals surface area contributed by atoms with Crippen molar-refractivity contribution in [1.82, 2.24) is 0 Å². The summed E-state index contributed by atoms with van der Waals surface area (Å²) in [6.45, 7) is 6.10. The Morgan fingerprint density at radius 1 is 1.55 bits per heavy atom. The molecule has 0 bridgehead atoms. The second-order valence-corrected chi connectivity index (χ2v) is 3.58. The summed E-state index contributed by atoms with van der Waals surface area (Å²) in [6.07, 6.45) is 1.11. The molecule has 2 N–H and O–H groups in total. The van der Waals surface area contributed by atoms with E-state index in [1.807, 2.05) is 13.8 Å². The van der Waals surface area contributed by atoms with E-state index in [0.29, 0.717) is 19.8 Å². The van der Waals surface area contributed by atoms with E-state index >= 15 is 0 Å². The second-order valence-electron chi connectivity index (χ2n) is 3.58. The van der Waals surface area contributed by atoms with E-state index in [4.69, 9.17) is 15.2 Å². The Morgan fingerprint density at radius 2 is 2.27 bits per heavy atom. The molecule has 0 aromatic rings. The van der Waals surface area contributed by atoms with Crippen LogP contribution in [0.2, 0.25) is 0 Å². The molecule has 1 saturated heterocycles. The zero-order valence-corrected chi connectivity index (χ0v) is 7.30. The van der Waals surface area contributed by atoms with Crippen LogP contribution in [0.15, 0.2) is 0 Å². The van der Waals surface area contributed by atoms with Crippen molar-refractivity contribution in [2.45, 2.75) is 32.0 Å². The van der Waals surface area contributed by atoms with Crippen molar-refractivity contribution in [2.75, 3.05) is 19.8 Å². The van der Waals surface area contributed by atoms with E-state index in [0.717, 1.165) is 6.42 Å². The van der Waals surface area contributed by atoms with Gasteiger partial charge >= 0.3 is 0 Å². The van der Waals surface area contributed by atoms with Gasteiger partial charge in [0.25, 0.3) is 0 Å². The lowest BCUT2D eigenvalue weighted by Crippen LogP contribution is -2.42. The molecule has 1 rings (SSSR count). The first-order valence-corrected chi connectivity index (χ1v) is 4.10. The third kappa shape index (κ3) is 2.77. The van der Waals surface area contributed by atoms with Gasteiger partial charge in [-0.3, -0.25) is 0 Å². The third-order valence-corrected chi connectivity index (χ3v) is 1.82. The molecule has 0 amide bonds. The van der Waals surface area contributed by atoms with Crippen molar-refractivity contribution in [1.29, 1.82) is 0 Å². The van der Waals surface area contributed by atoms with Crippen molar-refractivity contribution in [2.24, 2.45) is 5.73 Å². The molecule has 0 saturated carbocycles. The fourth-order valence-electron chi connectivity index (χ4n) is 1.08. The molecule has 1 heterocycles. The zero-order chi connectivity index (χ0) is 8.32. The number of hydrogen-bond donors (Lipinski definition) is 1. The summed E-state index contributed by atoms with van der Waals surface area (Å²) in [6, 6.07) is 0. The molecule has 0 aromatic carbocycles. The van der Waals surface area contributed by atoms with Gasteiger partial charge in [0.15, 0.2) is 0 Å². The Kier molecular flexibility index (Phi) is 2.87. The summed E-state index contributed by atoms with van der Waals surface area (Å²) >= 11 is 0. The predicted molar refractivity (Wildman–Crippen MR) is 43.4 cm³/mol. The van der Waals surface area contributed by atoms with Crippen molar-refractivity contribution < 1.29 is 9.47 Å². The smallest absolute Gasteiger partial charge is 0.0860 e. The maximum Gasteiger partial charge on any atom is 0.0860 e. The number of nitrogens with two attached hydrogens (primary N) is 1. The van der Waals surface area contributed by atoms with Gasteiger partial charge in [-0.2, -0.15) is 0 Å². The van der Waals surface area contributed by atoms with Gasteiger partial charge in [-0.15, -0.1) is 0 Å². The molecule has 3 nitrogen and oxygen atoms in total. The molecule has 1 aliphatic heterocycles. The number of hydrogen-bond acceptors (Lipinski definition) is 3. The molecule has 0 spiro atoms. The standard InChI is InChI=1S/C8H17NO2/c1-8(2)6-10-7(3-4-9)5-11-8/h7H,3-6,9H2,1-2H3. The topological polar surface area (TPSA) is 44.5 Å². The molecule has 1 unspecified atom stereocenters. The lowest BCUT2D eigenvalue weighted by atomic mass is 10.1. The Balaban J connectivity index is 2.25. The average molecular weight is 159 g/mol. The van der Waals surface area contributed by atoms with Crippen LogP contribution in [0.4, 0.5) is 0 Å². The van der Waals surface area contributed by atoms with Gasteiger partial charge in [-0.05, 0) is 26.8 Å². The first-order chi connectivity index (χ1) is 5.14. The first-order valence-electron chi connectivity index (χ1n) is 4.10. The van der Waals surface area contributed by atoms with Crippen molar-refractivity contribution >= 4 is 0 Å². The Morgan fingerprint density at radius 3 is 2.73 bits per heavy atom. The molecule has 3 heteroatoms. The van der Waals surface area contributed by atoms with Gasteiger partial charge in [0.1, 0.15) is 0 Å². The predicted octanol–water partition coefficient (Wildman–Crippen LogP) is 0.529. The van der Waals surface area contributed by atoms with Crippen LogP contribution in [-0.4, -0.2) is 31.5 Å². The summed E-state index contributed by atoms with van der Waals surface area (Å²) in [5, 5.41) is 0. The minimum Gasteiger partial charge on any atom is -0.373 e. The van der Waals surface area contributed by atoms with E-state index in [1.165, 1.54) is 0 Å². The van der Waals surface area contributed by atoms with Gasteiger partial charge in [0.2, 0.25) is 0 Å². The van der Waals surface area contributed by atoms with Crippen molar-refractivity contribution in [3.05, 3.63) is 0 Å². The summed E-state index contributed by atoms with van der Waals surface area (Å²) < 4.78 is 11.1. The molecule has 1 fully saturated rings. The highest BCUT2D eigenvalue weighted by atomic mass is 16.6. The highest BCUT2D eigenvalue weighted by Crippen LogP contribution is 2.18. The fraction of sp³-hybridized carbons (Fsp3) is 1.00. The number of rotatable bonds is 2. The Labute approximate surface area is 67.9 Å². The summed E-state index contributed by atoms with van der Waals surface area (Å²) in [4.78, 5) is 0. The minimum absolute atomic E-state index is 0.106. The van der Waals surface area contributed by atoms with Crippen LogP contribution in [0.1, 0.15) is 20.3 Å². The van der Waals surface area contributed by atoms with Gasteiger partial charge < -0.3 is 15.2 Å². The van der Waals surface area contributed by atoms with E-state index in [-0.39, 0.29) is 11.7 Å². The third-order valence-electron chi connectivity index (χ3n) is 1.82. The molecule has 1 atom stereocenters. The molecule has 0 radical (unpaired) electrons. The SMILES string of the molecule is CC1(C)COC(CCN)CO1. The normalized spacial score (nSPS) is 30.3. The lowest BCUT2D eigenvalue weighted by molar-refractivity contribution is -0.175. The largest absolute Gasteiger partial charge is 0.373 e. The maximum atomic E-state index is 5.55. The van der Waals surface area contributed by atoms with Gasteiger partial charge in [-0.25, -0.2) is 0 Å². The molecule has 0 aromatic heterocycles. The molecular weight excluding hydrogens is 142 g/mol. The molecular formula is C8H17NO2. The van der Waals surface area contributed by atoms with E-state index < -0.39 is 0 Å². The van der Waals surface area contributed by atoms with Crippen LogP contribution in [0.3, 0.4) is 0 Å². The van der Waals surface area contributed by atoms with Crippen LogP contribution in [-0.2, 0) is 9.47 Å². The van der Waals surface area contributed by atoms with E-state index in [9.17, 15) is 0 Å². The van der Waals surface area contributed by atoms with Crippen LogP contribution in [0, 0.1) is 0 Å². The first kappa shape index (κ1) is 8.97. The van der Waals surface area contributed by atoms with Gasteiger partial charge in [0, 0.05) is 0 Å². The minimum atomic E-state index is -0.106. The van der Waals surface area contributed by atoms with Crippen LogP contribution in [0.5, 0.6) is 0 Å². The highest BCUT2D eigenvalue weighted by molar-refractivity contribution is 4.74. The van der Waals surface area contributed by atoms with Crippen molar-refractivity contribution in [3.63, 3.8) is 0 Å². The molecule has 11 heavy (non-hydrogen) atoms. The van der Waals surface area contributed by atoms with Crippen molar-refractivity contribution in [3.8, 4) is 0 Å². The highest BCUT2D eigenvalue weighted by Gasteiger charge is 2.27. The van der Waals surface area contributed by atoms with Crippen LogP contribution < -0.4 is 5.73 Å². The van der Waals surface area contributed by atoms with Gasteiger partial charge in [-0.1, -0.05) is 0 Å². The van der Waals surface area contributed by atoms with E-state index in [1.54, 1.807) is 0 Å². The second kappa shape index (κ2) is 3.52. The Bertz CT molecular complexity index is 115. The van der Waals surface area contributed by atoms with E-state index in [2.05, 4.69) is 0 Å². The Hall–Kier alpha value is -0.120. The number of ether oxygens (including phenoxy) is 2.